The van der Waals surface area contributed by atoms with Gasteiger partial charge in [0.25, 0.3) is 5.91 Å². The van der Waals surface area contributed by atoms with E-state index in [9.17, 15) is 9.59 Å². The summed E-state index contributed by atoms with van der Waals surface area (Å²) in [5.41, 5.74) is 0.685. The number of carboxylic acids is 1. The lowest BCUT2D eigenvalue weighted by Crippen LogP contribution is -2.15. The van der Waals surface area contributed by atoms with Gasteiger partial charge in [0.05, 0.1) is 23.4 Å². The van der Waals surface area contributed by atoms with E-state index in [1.807, 2.05) is 20.8 Å². The van der Waals surface area contributed by atoms with E-state index in [2.05, 4.69) is 10.3 Å². The minimum absolute atomic E-state index is 0.0866. The van der Waals surface area contributed by atoms with E-state index in [0.29, 0.717) is 11.4 Å². The highest BCUT2D eigenvalue weighted by molar-refractivity contribution is 7.10. The van der Waals surface area contributed by atoms with Crippen molar-refractivity contribution in [2.75, 3.05) is 12.4 Å². The molecule has 0 aliphatic heterocycles. The molecular formula is C16H18N2O4S. The van der Waals surface area contributed by atoms with Crippen LogP contribution in [0.1, 0.15) is 46.6 Å². The van der Waals surface area contributed by atoms with Crippen molar-refractivity contribution in [3.63, 3.8) is 0 Å². The smallest absolute Gasteiger partial charge is 0.335 e. The van der Waals surface area contributed by atoms with Crippen molar-refractivity contribution in [2.24, 2.45) is 0 Å². The van der Waals surface area contributed by atoms with Gasteiger partial charge in [0.1, 0.15) is 11.4 Å². The van der Waals surface area contributed by atoms with Crippen LogP contribution in [-0.4, -0.2) is 29.1 Å². The number of carbonyl (C=O) groups is 2. The number of nitrogens with one attached hydrogen (secondary N) is 1. The molecule has 0 aliphatic carbocycles. The van der Waals surface area contributed by atoms with Crippen LogP contribution in [0, 0.1) is 0 Å². The largest absolute Gasteiger partial charge is 0.495 e. The first kappa shape index (κ1) is 17.0. The summed E-state index contributed by atoms with van der Waals surface area (Å²) in [6.07, 6.45) is 0. The van der Waals surface area contributed by atoms with Gasteiger partial charge in [-0.25, -0.2) is 9.78 Å². The first-order chi connectivity index (χ1) is 10.7. The number of anilines is 1. The molecule has 0 atom stereocenters. The van der Waals surface area contributed by atoms with Crippen molar-refractivity contribution < 1.29 is 19.4 Å². The van der Waals surface area contributed by atoms with Gasteiger partial charge in [-0.1, -0.05) is 20.8 Å². The van der Waals surface area contributed by atoms with Crippen LogP contribution in [0.5, 0.6) is 5.75 Å². The lowest BCUT2D eigenvalue weighted by atomic mass is 9.98. The summed E-state index contributed by atoms with van der Waals surface area (Å²) in [6, 6.07) is 4.26. The predicted molar refractivity (Wildman–Crippen MR) is 88.7 cm³/mol. The summed E-state index contributed by atoms with van der Waals surface area (Å²) in [4.78, 5) is 27.6. The van der Waals surface area contributed by atoms with Crippen molar-refractivity contribution in [1.29, 1.82) is 0 Å². The zero-order valence-electron chi connectivity index (χ0n) is 13.3. The molecule has 7 heteroatoms. The molecule has 2 rings (SSSR count). The Morgan fingerprint density at radius 1 is 1.30 bits per heavy atom. The summed E-state index contributed by atoms with van der Waals surface area (Å²) >= 11 is 1.43. The second-order valence-electron chi connectivity index (χ2n) is 5.96. The van der Waals surface area contributed by atoms with Gasteiger partial charge in [-0.15, -0.1) is 11.3 Å². The quantitative estimate of drug-likeness (QED) is 0.894. The molecule has 1 amide bonds. The minimum Gasteiger partial charge on any atom is -0.495 e. The van der Waals surface area contributed by atoms with Crippen molar-refractivity contribution in [3.05, 3.63) is 39.8 Å². The number of hydrogen-bond donors (Lipinski definition) is 2. The van der Waals surface area contributed by atoms with E-state index in [-0.39, 0.29) is 22.6 Å². The molecular weight excluding hydrogens is 316 g/mol. The number of benzene rings is 1. The van der Waals surface area contributed by atoms with Crippen molar-refractivity contribution in [3.8, 4) is 5.75 Å². The fourth-order valence-electron chi connectivity index (χ4n) is 1.84. The number of carboxylic acid groups (broad SMARTS) is 1. The average molecular weight is 334 g/mol. The van der Waals surface area contributed by atoms with Crippen LogP contribution in [-0.2, 0) is 5.41 Å². The zero-order valence-corrected chi connectivity index (χ0v) is 14.2. The normalized spacial score (nSPS) is 11.1. The second-order valence-corrected chi connectivity index (χ2v) is 6.82. The molecule has 1 aromatic heterocycles. The second kappa shape index (κ2) is 6.37. The van der Waals surface area contributed by atoms with Crippen LogP contribution in [0.15, 0.2) is 23.6 Å². The Hall–Kier alpha value is -2.41. The molecule has 0 saturated heterocycles. The molecule has 0 bridgehead atoms. The lowest BCUT2D eigenvalue weighted by Gasteiger charge is -2.13. The van der Waals surface area contributed by atoms with E-state index in [4.69, 9.17) is 9.84 Å². The van der Waals surface area contributed by atoms with Crippen LogP contribution in [0.4, 0.5) is 5.69 Å². The summed E-state index contributed by atoms with van der Waals surface area (Å²) in [5, 5.41) is 14.3. The topological polar surface area (TPSA) is 88.5 Å². The third-order valence-electron chi connectivity index (χ3n) is 3.08. The number of ether oxygens (including phenoxy) is 1. The average Bonchev–Trinajstić information content (AvgIpc) is 2.97. The first-order valence-corrected chi connectivity index (χ1v) is 7.79. The monoisotopic (exact) mass is 334 g/mol. The number of aromatic nitrogens is 1. The Balaban J connectivity index is 2.23. The van der Waals surface area contributed by atoms with E-state index in [0.717, 1.165) is 5.01 Å². The lowest BCUT2D eigenvalue weighted by molar-refractivity contribution is 0.0696. The van der Waals surface area contributed by atoms with Gasteiger partial charge in [0.15, 0.2) is 0 Å². The molecule has 1 aromatic carbocycles. The number of amides is 1. The molecule has 6 nitrogen and oxygen atoms in total. The van der Waals surface area contributed by atoms with Crippen LogP contribution >= 0.6 is 11.3 Å². The molecule has 1 heterocycles. The van der Waals surface area contributed by atoms with Crippen LogP contribution < -0.4 is 10.1 Å². The van der Waals surface area contributed by atoms with Crippen molar-refractivity contribution in [2.45, 2.75) is 26.2 Å². The zero-order chi connectivity index (χ0) is 17.2. The Morgan fingerprint density at radius 2 is 2.00 bits per heavy atom. The molecule has 122 valence electrons. The number of carbonyl (C=O) groups excluding carboxylic acids is 1. The Bertz CT molecular complexity index is 747. The van der Waals surface area contributed by atoms with E-state index in [1.165, 1.54) is 36.6 Å². The highest BCUT2D eigenvalue weighted by Gasteiger charge is 2.21. The van der Waals surface area contributed by atoms with Gasteiger partial charge < -0.3 is 15.2 Å². The number of thiazole rings is 1. The molecule has 2 aromatic rings. The summed E-state index contributed by atoms with van der Waals surface area (Å²) in [7, 11) is 1.41. The number of hydrogen-bond acceptors (Lipinski definition) is 5. The maximum Gasteiger partial charge on any atom is 0.335 e. The Labute approximate surface area is 138 Å². The standard InChI is InChI=1S/C16H18N2O4S/c1-16(2,3)15-18-11(8-23-15)13(19)17-10-6-5-9(14(20)21)7-12(10)22-4/h5-8H,1-4H3,(H,17,19)(H,20,21). The molecule has 2 N–H and O–H groups in total. The maximum absolute atomic E-state index is 12.3. The van der Waals surface area contributed by atoms with Crippen LogP contribution in [0.2, 0.25) is 0 Å². The predicted octanol–water partition coefficient (Wildman–Crippen LogP) is 3.40. The number of nitrogens with zero attached hydrogens (tertiary/aromatic N) is 1. The summed E-state index contributed by atoms with van der Waals surface area (Å²) in [6.45, 7) is 6.09. The number of aromatic carboxylic acids is 1. The molecule has 0 radical (unpaired) electrons. The fraction of sp³-hybridized carbons (Fsp3) is 0.312. The third kappa shape index (κ3) is 3.87. The van der Waals surface area contributed by atoms with E-state index >= 15 is 0 Å². The van der Waals surface area contributed by atoms with Gasteiger partial charge in [0.2, 0.25) is 0 Å². The molecule has 23 heavy (non-hydrogen) atoms. The summed E-state index contributed by atoms with van der Waals surface area (Å²) in [5.74, 6) is -1.14. The van der Waals surface area contributed by atoms with Crippen LogP contribution in [0.25, 0.3) is 0 Å². The van der Waals surface area contributed by atoms with Gasteiger partial charge in [-0.3, -0.25) is 4.79 Å². The fourth-order valence-corrected chi connectivity index (χ4v) is 2.72. The Kier molecular flexibility index (Phi) is 4.70. The van der Waals surface area contributed by atoms with Crippen LogP contribution in [0.3, 0.4) is 0 Å². The highest BCUT2D eigenvalue weighted by atomic mass is 32.1. The Morgan fingerprint density at radius 3 is 2.52 bits per heavy atom. The number of rotatable bonds is 4. The highest BCUT2D eigenvalue weighted by Crippen LogP contribution is 2.28. The van der Waals surface area contributed by atoms with Crippen molar-refractivity contribution >= 4 is 28.9 Å². The van der Waals surface area contributed by atoms with Gasteiger partial charge in [0, 0.05) is 10.8 Å². The van der Waals surface area contributed by atoms with Gasteiger partial charge in [-0.2, -0.15) is 0 Å². The molecule has 0 spiro atoms. The van der Waals surface area contributed by atoms with E-state index < -0.39 is 5.97 Å². The molecule has 0 saturated carbocycles. The number of methoxy groups -OCH3 is 1. The van der Waals surface area contributed by atoms with E-state index in [1.54, 1.807) is 5.38 Å². The minimum atomic E-state index is -1.06. The third-order valence-corrected chi connectivity index (χ3v) is 4.34. The summed E-state index contributed by atoms with van der Waals surface area (Å²) < 4.78 is 5.14. The van der Waals surface area contributed by atoms with Crippen molar-refractivity contribution in [1.82, 2.24) is 4.98 Å². The first-order valence-electron chi connectivity index (χ1n) is 6.91. The molecule has 0 unspecified atom stereocenters. The molecule has 0 fully saturated rings. The van der Waals surface area contributed by atoms with Gasteiger partial charge >= 0.3 is 5.97 Å². The SMILES string of the molecule is COc1cc(C(=O)O)ccc1NC(=O)c1csc(C(C)(C)C)n1. The maximum atomic E-state index is 12.3. The molecule has 0 aliphatic rings. The van der Waals surface area contributed by atoms with Gasteiger partial charge in [-0.05, 0) is 18.2 Å².